The van der Waals surface area contributed by atoms with Crippen molar-refractivity contribution in [1.82, 2.24) is 0 Å². The third-order valence-corrected chi connectivity index (χ3v) is 9.09. The predicted octanol–water partition coefficient (Wildman–Crippen LogP) is 2.50. The summed E-state index contributed by atoms with van der Waals surface area (Å²) in [6.07, 6.45) is 0. The van der Waals surface area contributed by atoms with Crippen molar-refractivity contribution < 1.29 is 19.2 Å². The van der Waals surface area contributed by atoms with Gasteiger partial charge in [0, 0.05) is 12.5 Å². The third-order valence-electron chi connectivity index (χ3n) is 4.59. The molecule has 1 rings (SSSR count). The highest BCUT2D eigenvalue weighted by molar-refractivity contribution is 6.74. The summed E-state index contributed by atoms with van der Waals surface area (Å²) in [6, 6.07) is 5.27. The Hall–Kier alpha value is -0.818. The molecule has 4 nitrogen and oxygen atoms in total. The molecule has 0 aliphatic carbocycles. The van der Waals surface area contributed by atoms with E-state index in [0.717, 1.165) is 5.56 Å². The molecule has 0 fully saturated rings. The van der Waals surface area contributed by atoms with Crippen LogP contribution in [0.15, 0.2) is 18.2 Å². The van der Waals surface area contributed by atoms with Gasteiger partial charge in [0.2, 0.25) is 0 Å². The van der Waals surface area contributed by atoms with Gasteiger partial charge in [0.1, 0.15) is 5.75 Å². The smallest absolute Gasteiger partial charge is 0.488 e. The maximum Gasteiger partial charge on any atom is 0.488 e. The fourth-order valence-corrected chi connectivity index (χ4v) is 3.03. The van der Waals surface area contributed by atoms with E-state index in [2.05, 4.69) is 40.8 Å². The number of hydrogen-bond donors (Lipinski definition) is 2. The predicted molar refractivity (Wildman–Crippen MR) is 94.4 cm³/mol. The summed E-state index contributed by atoms with van der Waals surface area (Å²) in [6.45, 7) is 13.9. The minimum atomic E-state index is -1.78. The lowest BCUT2D eigenvalue weighted by molar-refractivity contribution is 0.266. The second-order valence-corrected chi connectivity index (χ2v) is 12.2. The second-order valence-electron chi connectivity index (χ2n) is 7.35. The average Bonchev–Trinajstić information content (AvgIpc) is 2.42. The van der Waals surface area contributed by atoms with E-state index in [-0.39, 0.29) is 11.0 Å². The minimum absolute atomic E-state index is 0.175. The standard InChI is InChI=1S/C16H29BO4Si/c1-12(11-21-22(6,7)16(2,3)4)14-9-8-13(17(18)19)10-15(14)20-5/h8-10,12,18-19H,11H2,1-7H3. The van der Waals surface area contributed by atoms with Crippen LogP contribution in [0.1, 0.15) is 39.2 Å². The molecule has 0 aliphatic heterocycles. The summed E-state index contributed by atoms with van der Waals surface area (Å²) in [5.74, 6) is 0.839. The molecule has 0 aliphatic rings. The van der Waals surface area contributed by atoms with Gasteiger partial charge in [-0.1, -0.05) is 39.8 Å². The van der Waals surface area contributed by atoms with Crippen LogP contribution in [0.3, 0.4) is 0 Å². The zero-order valence-corrected chi connectivity index (χ0v) is 15.8. The van der Waals surface area contributed by atoms with Crippen molar-refractivity contribution in [2.45, 2.75) is 51.7 Å². The van der Waals surface area contributed by atoms with E-state index >= 15 is 0 Å². The van der Waals surface area contributed by atoms with Crippen LogP contribution in [0.5, 0.6) is 5.75 Å². The summed E-state index contributed by atoms with van der Waals surface area (Å²) in [5.41, 5.74) is 1.45. The normalized spacial score (nSPS) is 13.9. The zero-order chi connectivity index (χ0) is 17.1. The highest BCUT2D eigenvalue weighted by Crippen LogP contribution is 2.37. The summed E-state index contributed by atoms with van der Waals surface area (Å²) >= 11 is 0. The van der Waals surface area contributed by atoms with Gasteiger partial charge in [-0.15, -0.1) is 0 Å². The molecule has 6 heteroatoms. The number of rotatable bonds is 6. The molecule has 0 saturated carbocycles. The Morgan fingerprint density at radius 3 is 2.27 bits per heavy atom. The van der Waals surface area contributed by atoms with Gasteiger partial charge >= 0.3 is 7.12 Å². The number of benzene rings is 1. The van der Waals surface area contributed by atoms with E-state index < -0.39 is 15.4 Å². The molecule has 0 heterocycles. The Morgan fingerprint density at radius 2 is 1.82 bits per heavy atom. The molecule has 1 atom stereocenters. The van der Waals surface area contributed by atoms with Gasteiger partial charge in [-0.3, -0.25) is 0 Å². The van der Waals surface area contributed by atoms with Gasteiger partial charge in [-0.2, -0.15) is 0 Å². The third kappa shape index (κ3) is 4.59. The first-order valence-electron chi connectivity index (χ1n) is 7.67. The molecule has 2 N–H and O–H groups in total. The molecular formula is C16H29BO4Si. The fourth-order valence-electron chi connectivity index (χ4n) is 1.94. The summed E-state index contributed by atoms with van der Waals surface area (Å²) in [5, 5.41) is 18.7. The lowest BCUT2D eigenvalue weighted by atomic mass is 9.79. The van der Waals surface area contributed by atoms with Crippen molar-refractivity contribution in [3.63, 3.8) is 0 Å². The van der Waals surface area contributed by atoms with Crippen LogP contribution in [0.2, 0.25) is 18.1 Å². The number of ether oxygens (including phenoxy) is 1. The summed E-state index contributed by atoms with van der Waals surface area (Å²) in [4.78, 5) is 0. The van der Waals surface area contributed by atoms with Crippen LogP contribution in [-0.4, -0.2) is 39.2 Å². The van der Waals surface area contributed by atoms with Crippen molar-refractivity contribution >= 4 is 20.9 Å². The van der Waals surface area contributed by atoms with E-state index in [0.29, 0.717) is 17.8 Å². The molecule has 1 aromatic rings. The van der Waals surface area contributed by atoms with Gasteiger partial charge in [0.05, 0.1) is 7.11 Å². The van der Waals surface area contributed by atoms with Crippen LogP contribution >= 0.6 is 0 Å². The van der Waals surface area contributed by atoms with Gasteiger partial charge in [0.25, 0.3) is 0 Å². The molecule has 0 radical (unpaired) electrons. The largest absolute Gasteiger partial charge is 0.496 e. The molecule has 0 bridgehead atoms. The van der Waals surface area contributed by atoms with Crippen molar-refractivity contribution in [2.75, 3.05) is 13.7 Å². The topological polar surface area (TPSA) is 58.9 Å². The molecular weight excluding hydrogens is 295 g/mol. The lowest BCUT2D eigenvalue weighted by Crippen LogP contribution is -2.41. The van der Waals surface area contributed by atoms with E-state index in [9.17, 15) is 10.0 Å². The van der Waals surface area contributed by atoms with Crippen LogP contribution in [0.25, 0.3) is 0 Å². The van der Waals surface area contributed by atoms with Crippen molar-refractivity contribution in [2.24, 2.45) is 0 Å². The molecule has 22 heavy (non-hydrogen) atoms. The molecule has 0 saturated heterocycles. The van der Waals surface area contributed by atoms with E-state index in [1.165, 1.54) is 0 Å². The Bertz CT molecular complexity index is 497. The first-order valence-corrected chi connectivity index (χ1v) is 10.6. The van der Waals surface area contributed by atoms with Crippen LogP contribution in [-0.2, 0) is 4.43 Å². The molecule has 1 aromatic carbocycles. The van der Waals surface area contributed by atoms with E-state index in [1.807, 2.05) is 6.07 Å². The van der Waals surface area contributed by atoms with Gasteiger partial charge < -0.3 is 19.2 Å². The second kappa shape index (κ2) is 7.17. The van der Waals surface area contributed by atoms with Crippen molar-refractivity contribution in [3.05, 3.63) is 23.8 Å². The fraction of sp³-hybridized carbons (Fsp3) is 0.625. The van der Waals surface area contributed by atoms with Gasteiger partial charge in [-0.25, -0.2) is 0 Å². The molecule has 1 unspecified atom stereocenters. The monoisotopic (exact) mass is 324 g/mol. The summed E-state index contributed by atoms with van der Waals surface area (Å²) in [7, 11) is -1.67. The highest BCUT2D eigenvalue weighted by Gasteiger charge is 2.37. The molecule has 0 amide bonds. The Balaban J connectivity index is 2.88. The Morgan fingerprint density at radius 1 is 1.23 bits per heavy atom. The van der Waals surface area contributed by atoms with E-state index in [1.54, 1.807) is 19.2 Å². The average molecular weight is 324 g/mol. The Labute approximate surface area is 135 Å². The minimum Gasteiger partial charge on any atom is -0.496 e. The van der Waals surface area contributed by atoms with Crippen LogP contribution in [0, 0.1) is 0 Å². The number of methoxy groups -OCH3 is 1. The highest BCUT2D eigenvalue weighted by atomic mass is 28.4. The van der Waals surface area contributed by atoms with E-state index in [4.69, 9.17) is 9.16 Å². The molecule has 124 valence electrons. The Kier molecular flexibility index (Phi) is 6.27. The molecule has 0 aromatic heterocycles. The summed E-state index contributed by atoms with van der Waals surface area (Å²) < 4.78 is 11.7. The maximum absolute atomic E-state index is 9.25. The first kappa shape index (κ1) is 19.2. The van der Waals surface area contributed by atoms with Crippen LogP contribution < -0.4 is 10.2 Å². The van der Waals surface area contributed by atoms with Gasteiger partial charge in [-0.05, 0) is 35.2 Å². The van der Waals surface area contributed by atoms with Crippen molar-refractivity contribution in [1.29, 1.82) is 0 Å². The SMILES string of the molecule is COc1cc(B(O)O)ccc1C(C)CO[Si](C)(C)C(C)(C)C. The quantitative estimate of drug-likeness (QED) is 0.790. The molecule has 0 spiro atoms. The number of hydrogen-bond acceptors (Lipinski definition) is 4. The first-order chi connectivity index (χ1) is 9.99. The van der Waals surface area contributed by atoms with Crippen molar-refractivity contribution in [3.8, 4) is 5.75 Å². The van der Waals surface area contributed by atoms with Crippen LogP contribution in [0.4, 0.5) is 0 Å². The zero-order valence-electron chi connectivity index (χ0n) is 14.8. The maximum atomic E-state index is 9.25. The lowest BCUT2D eigenvalue weighted by Gasteiger charge is -2.37. The van der Waals surface area contributed by atoms with Gasteiger partial charge in [0.15, 0.2) is 8.32 Å².